The molecule has 2 aliphatic rings. The molecule has 0 radical (unpaired) electrons. The fraction of sp³-hybridized carbons (Fsp3) is 0.435. The van der Waals surface area contributed by atoms with Crippen LogP contribution in [-0.2, 0) is 4.79 Å². The number of hydrogen-bond donors (Lipinski definition) is 3. The van der Waals surface area contributed by atoms with Crippen LogP contribution >= 0.6 is 0 Å². The van der Waals surface area contributed by atoms with Crippen LogP contribution in [0.5, 0.6) is 0 Å². The summed E-state index contributed by atoms with van der Waals surface area (Å²) in [7, 11) is 1.93. The molecule has 1 aliphatic carbocycles. The van der Waals surface area contributed by atoms with Gasteiger partial charge in [-0.25, -0.2) is 9.97 Å². The van der Waals surface area contributed by atoms with Crippen LogP contribution in [-0.4, -0.2) is 72.1 Å². The van der Waals surface area contributed by atoms with Crippen molar-refractivity contribution in [1.29, 1.82) is 0 Å². The van der Waals surface area contributed by atoms with Gasteiger partial charge in [0.25, 0.3) is 0 Å². The number of aromatic nitrogens is 3. The van der Waals surface area contributed by atoms with Gasteiger partial charge in [-0.3, -0.25) is 4.79 Å². The molecule has 1 saturated heterocycles. The maximum Gasteiger partial charge on any atom is 0.225 e. The summed E-state index contributed by atoms with van der Waals surface area (Å²) in [5, 5.41) is 7.51. The summed E-state index contributed by atoms with van der Waals surface area (Å²) in [6, 6.07) is 8.30. The molecule has 2 fully saturated rings. The van der Waals surface area contributed by atoms with E-state index >= 15 is 0 Å². The Bertz CT molecular complexity index is 1050. The van der Waals surface area contributed by atoms with Gasteiger partial charge in [0, 0.05) is 79.9 Å². The second kappa shape index (κ2) is 8.55. The number of nitrogens with one attached hydrogen (secondary N) is 3. The van der Waals surface area contributed by atoms with Crippen LogP contribution in [0.4, 0.5) is 11.5 Å². The second-order valence-corrected chi connectivity index (χ2v) is 8.32. The van der Waals surface area contributed by atoms with Crippen LogP contribution in [0.3, 0.4) is 0 Å². The number of anilines is 2. The molecule has 0 spiro atoms. The average molecular weight is 420 g/mol. The molecule has 3 aromatic heterocycles. The number of likely N-dealkylation sites (N-methyl/N-ethyl adjacent to an activating group) is 1. The summed E-state index contributed by atoms with van der Waals surface area (Å²) >= 11 is 0. The molecule has 1 aliphatic heterocycles. The number of rotatable bonds is 7. The molecule has 0 unspecified atom stereocenters. The van der Waals surface area contributed by atoms with Crippen LogP contribution in [0.25, 0.3) is 22.3 Å². The molecule has 3 N–H and O–H groups in total. The van der Waals surface area contributed by atoms with E-state index in [0.29, 0.717) is 11.8 Å². The van der Waals surface area contributed by atoms with Crippen LogP contribution in [0, 0.1) is 5.92 Å². The Morgan fingerprint density at radius 1 is 1.13 bits per heavy atom. The molecule has 162 valence electrons. The van der Waals surface area contributed by atoms with Gasteiger partial charge in [0.2, 0.25) is 5.91 Å². The van der Waals surface area contributed by atoms with E-state index in [1.807, 2.05) is 30.4 Å². The average Bonchev–Trinajstić information content (AvgIpc) is 3.57. The van der Waals surface area contributed by atoms with E-state index in [2.05, 4.69) is 48.7 Å². The second-order valence-electron chi connectivity index (χ2n) is 8.32. The van der Waals surface area contributed by atoms with Crippen molar-refractivity contribution in [2.75, 3.05) is 56.5 Å². The minimum absolute atomic E-state index is 0.296. The van der Waals surface area contributed by atoms with E-state index in [0.717, 1.165) is 80.2 Å². The highest BCUT2D eigenvalue weighted by Gasteiger charge is 2.34. The number of carbonyl (C=O) groups excluding carboxylic acids is 1. The SMILES string of the molecule is CNCCNc1ccc(-c2cc3c(N4CCN(C(=O)C5CC5)CC4)ccnc3[nH]2)cn1. The lowest BCUT2D eigenvalue weighted by molar-refractivity contribution is -0.132. The molecule has 1 amide bonds. The molecule has 8 nitrogen and oxygen atoms in total. The van der Waals surface area contributed by atoms with Crippen molar-refractivity contribution in [2.45, 2.75) is 12.8 Å². The van der Waals surface area contributed by atoms with Crippen molar-refractivity contribution in [3.63, 3.8) is 0 Å². The molecular weight excluding hydrogens is 390 g/mol. The zero-order chi connectivity index (χ0) is 21.2. The van der Waals surface area contributed by atoms with E-state index in [4.69, 9.17) is 0 Å². The van der Waals surface area contributed by atoms with E-state index in [1.54, 1.807) is 0 Å². The quantitative estimate of drug-likeness (QED) is 0.510. The monoisotopic (exact) mass is 419 g/mol. The highest BCUT2D eigenvalue weighted by molar-refractivity contribution is 5.94. The molecule has 4 heterocycles. The molecular formula is C23H29N7O. The van der Waals surface area contributed by atoms with E-state index in [9.17, 15) is 4.79 Å². The zero-order valence-electron chi connectivity index (χ0n) is 17.9. The summed E-state index contributed by atoms with van der Waals surface area (Å²) in [6.45, 7) is 5.02. The van der Waals surface area contributed by atoms with Crippen molar-refractivity contribution in [2.24, 2.45) is 5.92 Å². The third-order valence-corrected chi connectivity index (χ3v) is 6.12. The standard InChI is InChI=1S/C23H29N7O/c1-24-8-9-25-21-5-4-17(15-27-21)19-14-18-20(6-7-26-22(18)28-19)29-10-12-30(13-11-29)23(31)16-2-3-16/h4-7,14-16,24H,2-3,8-13H2,1H3,(H,25,27)(H,26,28). The Hall–Kier alpha value is -3.13. The third kappa shape index (κ3) is 4.20. The van der Waals surface area contributed by atoms with Gasteiger partial charge in [-0.15, -0.1) is 0 Å². The Morgan fingerprint density at radius 2 is 1.97 bits per heavy atom. The number of nitrogens with zero attached hydrogens (tertiary/aromatic N) is 4. The summed E-state index contributed by atoms with van der Waals surface area (Å²) in [5.41, 5.74) is 4.08. The smallest absolute Gasteiger partial charge is 0.225 e. The first-order valence-electron chi connectivity index (χ1n) is 11.1. The summed E-state index contributed by atoms with van der Waals surface area (Å²) < 4.78 is 0. The van der Waals surface area contributed by atoms with Crippen LogP contribution in [0.1, 0.15) is 12.8 Å². The number of hydrogen-bond acceptors (Lipinski definition) is 6. The number of pyridine rings is 2. The number of fused-ring (bicyclic) bond motifs is 1. The van der Waals surface area contributed by atoms with Gasteiger partial charge in [-0.1, -0.05) is 0 Å². The van der Waals surface area contributed by atoms with Gasteiger partial charge in [0.15, 0.2) is 0 Å². The lowest BCUT2D eigenvalue weighted by Crippen LogP contribution is -2.49. The summed E-state index contributed by atoms with van der Waals surface area (Å²) in [6.07, 6.45) is 5.87. The Labute approximate surface area is 182 Å². The van der Waals surface area contributed by atoms with Gasteiger partial charge < -0.3 is 25.4 Å². The minimum Gasteiger partial charge on any atom is -0.369 e. The minimum atomic E-state index is 0.296. The van der Waals surface area contributed by atoms with Crippen molar-refractivity contribution in [3.8, 4) is 11.3 Å². The number of carbonyl (C=O) groups is 1. The van der Waals surface area contributed by atoms with Crippen molar-refractivity contribution in [3.05, 3.63) is 36.7 Å². The van der Waals surface area contributed by atoms with Gasteiger partial charge >= 0.3 is 0 Å². The first-order chi connectivity index (χ1) is 15.2. The van der Waals surface area contributed by atoms with Crippen LogP contribution in [0.15, 0.2) is 36.7 Å². The molecule has 0 bridgehead atoms. The lowest BCUT2D eigenvalue weighted by Gasteiger charge is -2.36. The zero-order valence-corrected chi connectivity index (χ0v) is 17.9. The fourth-order valence-corrected chi connectivity index (χ4v) is 4.17. The fourth-order valence-electron chi connectivity index (χ4n) is 4.17. The first-order valence-corrected chi connectivity index (χ1v) is 11.1. The van der Waals surface area contributed by atoms with Gasteiger partial charge in [-0.05, 0) is 44.2 Å². The van der Waals surface area contributed by atoms with Crippen LogP contribution in [0.2, 0.25) is 0 Å². The van der Waals surface area contributed by atoms with E-state index < -0.39 is 0 Å². The third-order valence-electron chi connectivity index (χ3n) is 6.12. The summed E-state index contributed by atoms with van der Waals surface area (Å²) in [5.74, 6) is 1.51. The number of amides is 1. The predicted molar refractivity (Wildman–Crippen MR) is 123 cm³/mol. The molecule has 5 rings (SSSR count). The largest absolute Gasteiger partial charge is 0.369 e. The predicted octanol–water partition coefficient (Wildman–Crippen LogP) is 2.31. The van der Waals surface area contributed by atoms with Gasteiger partial charge in [0.05, 0.1) is 0 Å². The number of aromatic amines is 1. The highest BCUT2D eigenvalue weighted by Crippen LogP contribution is 2.33. The maximum absolute atomic E-state index is 12.4. The topological polar surface area (TPSA) is 89.2 Å². The van der Waals surface area contributed by atoms with Gasteiger partial charge in [0.1, 0.15) is 11.5 Å². The summed E-state index contributed by atoms with van der Waals surface area (Å²) in [4.78, 5) is 29.3. The number of piperazine rings is 1. The maximum atomic E-state index is 12.4. The van der Waals surface area contributed by atoms with E-state index in [-0.39, 0.29) is 0 Å². The Morgan fingerprint density at radius 3 is 2.68 bits per heavy atom. The van der Waals surface area contributed by atoms with Crippen molar-refractivity contribution in [1.82, 2.24) is 25.2 Å². The lowest BCUT2D eigenvalue weighted by atomic mass is 10.1. The number of H-pyrrole nitrogens is 1. The normalized spacial score (nSPS) is 16.7. The molecule has 3 aromatic rings. The highest BCUT2D eigenvalue weighted by atomic mass is 16.2. The Balaban J connectivity index is 1.32. The molecule has 8 heteroatoms. The van der Waals surface area contributed by atoms with Crippen LogP contribution < -0.4 is 15.5 Å². The van der Waals surface area contributed by atoms with Gasteiger partial charge in [-0.2, -0.15) is 0 Å². The first kappa shape index (κ1) is 19.8. The Kier molecular flexibility index (Phi) is 5.46. The molecule has 0 atom stereocenters. The molecule has 31 heavy (non-hydrogen) atoms. The van der Waals surface area contributed by atoms with Crippen molar-refractivity contribution < 1.29 is 4.79 Å². The molecule has 1 saturated carbocycles. The molecule has 0 aromatic carbocycles. The van der Waals surface area contributed by atoms with Crippen molar-refractivity contribution >= 4 is 28.4 Å². The van der Waals surface area contributed by atoms with E-state index in [1.165, 1.54) is 5.69 Å².